The van der Waals surface area contributed by atoms with E-state index in [0.29, 0.717) is 6.54 Å². The van der Waals surface area contributed by atoms with Crippen molar-refractivity contribution in [3.63, 3.8) is 0 Å². The van der Waals surface area contributed by atoms with E-state index in [1.165, 1.54) is 10.5 Å². The smallest absolute Gasteiger partial charge is 0.412 e. The van der Waals surface area contributed by atoms with Crippen LogP contribution in [0.4, 0.5) is 4.79 Å². The summed E-state index contributed by atoms with van der Waals surface area (Å²) in [6.07, 6.45) is 1.16. The number of aryl methyl sites for hydroxylation is 1. The highest BCUT2D eigenvalue weighted by atomic mass is 79.9. The molecule has 0 heterocycles. The number of nitrogens with zero attached hydrogens (tertiary/aromatic N) is 1. The second-order valence-corrected chi connectivity index (χ2v) is 6.53. The number of carbonyl (C=O) groups excluding carboxylic acids is 1. The first-order chi connectivity index (χ1) is 9.31. The summed E-state index contributed by atoms with van der Waals surface area (Å²) in [5.74, 6) is 0. The summed E-state index contributed by atoms with van der Waals surface area (Å²) in [6, 6.07) is 8.07. The van der Waals surface area contributed by atoms with Gasteiger partial charge in [0.25, 0.3) is 0 Å². The third-order valence-electron chi connectivity index (χ3n) is 2.63. The number of carbonyl (C=O) groups is 1. The topological polar surface area (TPSA) is 49.8 Å². The van der Waals surface area contributed by atoms with Crippen LogP contribution in [0.2, 0.25) is 0 Å². The molecule has 0 atom stereocenters. The molecule has 20 heavy (non-hydrogen) atoms. The van der Waals surface area contributed by atoms with Crippen molar-refractivity contribution >= 4 is 22.0 Å². The average Bonchev–Trinajstić information content (AvgIpc) is 2.34. The summed E-state index contributed by atoms with van der Waals surface area (Å²) >= 11 is 3.39. The van der Waals surface area contributed by atoms with Gasteiger partial charge in [-0.3, -0.25) is 4.90 Å². The van der Waals surface area contributed by atoms with Gasteiger partial charge >= 0.3 is 6.09 Å². The van der Waals surface area contributed by atoms with Crippen molar-refractivity contribution in [3.8, 4) is 0 Å². The lowest BCUT2D eigenvalue weighted by Crippen LogP contribution is -2.38. The summed E-state index contributed by atoms with van der Waals surface area (Å²) in [6.45, 7) is 5.57. The molecule has 0 aliphatic heterocycles. The molecule has 1 aromatic rings. The number of benzene rings is 1. The molecule has 0 spiro atoms. The fourth-order valence-electron chi connectivity index (χ4n) is 1.67. The Hall–Kier alpha value is -1.07. The minimum Gasteiger partial charge on any atom is -0.444 e. The van der Waals surface area contributed by atoms with Crippen molar-refractivity contribution in [3.05, 3.63) is 34.3 Å². The van der Waals surface area contributed by atoms with Gasteiger partial charge in [0.1, 0.15) is 12.3 Å². The van der Waals surface area contributed by atoms with Crippen LogP contribution in [0.25, 0.3) is 0 Å². The first-order valence-electron chi connectivity index (χ1n) is 6.65. The summed E-state index contributed by atoms with van der Waals surface area (Å²) < 4.78 is 6.28. The zero-order valence-electron chi connectivity index (χ0n) is 12.2. The third-order valence-corrected chi connectivity index (χ3v) is 3.16. The van der Waals surface area contributed by atoms with Gasteiger partial charge in [0.2, 0.25) is 0 Å². The Morgan fingerprint density at radius 2 is 1.90 bits per heavy atom. The molecule has 0 bridgehead atoms. The first kappa shape index (κ1) is 17.0. The molecule has 0 unspecified atom stereocenters. The molecule has 4 nitrogen and oxygen atoms in total. The summed E-state index contributed by atoms with van der Waals surface area (Å²) in [5.41, 5.74) is 0.659. The molecule has 1 rings (SSSR count). The van der Waals surface area contributed by atoms with Crippen LogP contribution < -0.4 is 0 Å². The Morgan fingerprint density at radius 3 is 2.40 bits per heavy atom. The number of rotatable bonds is 5. The minimum absolute atomic E-state index is 0.324. The van der Waals surface area contributed by atoms with Gasteiger partial charge in [-0.2, -0.15) is 0 Å². The van der Waals surface area contributed by atoms with E-state index in [2.05, 4.69) is 15.9 Å². The van der Waals surface area contributed by atoms with E-state index in [0.717, 1.165) is 17.3 Å². The van der Waals surface area contributed by atoms with E-state index >= 15 is 0 Å². The monoisotopic (exact) mass is 343 g/mol. The number of hydrogen-bond donors (Lipinski definition) is 1. The molecule has 112 valence electrons. The second-order valence-electron chi connectivity index (χ2n) is 5.62. The number of ether oxygens (including phenoxy) is 1. The van der Waals surface area contributed by atoms with Gasteiger partial charge in [-0.15, -0.1) is 0 Å². The lowest BCUT2D eigenvalue weighted by atomic mass is 10.1. The normalized spacial score (nSPS) is 11.2. The molecule has 0 aromatic heterocycles. The van der Waals surface area contributed by atoms with E-state index < -0.39 is 11.7 Å². The van der Waals surface area contributed by atoms with Crippen LogP contribution in [0.3, 0.4) is 0 Å². The van der Waals surface area contributed by atoms with Crippen LogP contribution >= 0.6 is 15.9 Å². The predicted octanol–water partition coefficient (Wildman–Crippen LogP) is 3.57. The number of aliphatic hydroxyl groups is 1. The van der Waals surface area contributed by atoms with E-state index in [-0.39, 0.29) is 6.73 Å². The molecular weight excluding hydrogens is 322 g/mol. The highest BCUT2D eigenvalue weighted by molar-refractivity contribution is 9.10. The lowest BCUT2D eigenvalue weighted by Gasteiger charge is -2.25. The van der Waals surface area contributed by atoms with Crippen LogP contribution in [0.5, 0.6) is 0 Å². The average molecular weight is 344 g/mol. The summed E-state index contributed by atoms with van der Waals surface area (Å²) in [4.78, 5) is 13.1. The fraction of sp³-hybridized carbons (Fsp3) is 0.533. The Bertz CT molecular complexity index is 426. The van der Waals surface area contributed by atoms with Crippen molar-refractivity contribution in [2.45, 2.75) is 39.2 Å². The number of halogens is 1. The molecule has 0 saturated heterocycles. The van der Waals surface area contributed by atoms with Gasteiger partial charge in [-0.1, -0.05) is 28.1 Å². The molecule has 0 aliphatic carbocycles. The number of amides is 1. The zero-order chi connectivity index (χ0) is 15.2. The Balaban J connectivity index is 2.41. The van der Waals surface area contributed by atoms with Gasteiger partial charge in [0.15, 0.2) is 0 Å². The molecule has 0 fully saturated rings. The first-order valence-corrected chi connectivity index (χ1v) is 7.44. The van der Waals surface area contributed by atoms with Gasteiger partial charge < -0.3 is 9.84 Å². The van der Waals surface area contributed by atoms with Crippen molar-refractivity contribution in [2.75, 3.05) is 13.3 Å². The molecule has 0 aliphatic rings. The van der Waals surface area contributed by atoms with Crippen molar-refractivity contribution in [1.29, 1.82) is 0 Å². The predicted molar refractivity (Wildman–Crippen MR) is 82.5 cm³/mol. The largest absolute Gasteiger partial charge is 0.444 e. The Labute approximate surface area is 128 Å². The SMILES string of the molecule is CC(C)(C)OC(=O)N(CO)CCCc1ccc(Br)cc1. The zero-order valence-corrected chi connectivity index (χ0v) is 13.8. The quantitative estimate of drug-likeness (QED) is 0.831. The van der Waals surface area contributed by atoms with Crippen LogP contribution in [0.15, 0.2) is 28.7 Å². The minimum atomic E-state index is -0.545. The highest BCUT2D eigenvalue weighted by Gasteiger charge is 2.21. The summed E-state index contributed by atoms with van der Waals surface area (Å²) in [7, 11) is 0. The highest BCUT2D eigenvalue weighted by Crippen LogP contribution is 2.13. The van der Waals surface area contributed by atoms with Crippen LogP contribution in [0, 0.1) is 0 Å². The maximum Gasteiger partial charge on any atom is 0.412 e. The lowest BCUT2D eigenvalue weighted by molar-refractivity contribution is 0.00603. The van der Waals surface area contributed by atoms with Crippen molar-refractivity contribution in [1.82, 2.24) is 4.90 Å². The van der Waals surface area contributed by atoms with Crippen LogP contribution in [0.1, 0.15) is 32.8 Å². The van der Waals surface area contributed by atoms with E-state index in [9.17, 15) is 9.90 Å². The van der Waals surface area contributed by atoms with E-state index in [1.807, 2.05) is 45.0 Å². The van der Waals surface area contributed by atoms with Crippen LogP contribution in [-0.2, 0) is 11.2 Å². The molecule has 1 amide bonds. The maximum atomic E-state index is 11.8. The molecule has 1 aromatic carbocycles. The molecule has 0 saturated carbocycles. The number of hydrogen-bond acceptors (Lipinski definition) is 3. The maximum absolute atomic E-state index is 11.8. The molecule has 1 N–H and O–H groups in total. The van der Waals surface area contributed by atoms with E-state index in [1.54, 1.807) is 0 Å². The van der Waals surface area contributed by atoms with Gasteiger partial charge in [0, 0.05) is 11.0 Å². The standard InChI is InChI=1S/C15H22BrNO3/c1-15(2,3)20-14(19)17(11-18)10-4-5-12-6-8-13(16)9-7-12/h6-9,18H,4-5,10-11H2,1-3H3. The number of aliphatic hydroxyl groups excluding tert-OH is 1. The van der Waals surface area contributed by atoms with Gasteiger partial charge in [-0.05, 0) is 51.3 Å². The van der Waals surface area contributed by atoms with Gasteiger partial charge in [-0.25, -0.2) is 4.79 Å². The fourth-order valence-corrected chi connectivity index (χ4v) is 1.94. The van der Waals surface area contributed by atoms with Gasteiger partial charge in [0.05, 0.1) is 0 Å². The Morgan fingerprint density at radius 1 is 1.30 bits per heavy atom. The van der Waals surface area contributed by atoms with Crippen molar-refractivity contribution < 1.29 is 14.6 Å². The van der Waals surface area contributed by atoms with Crippen LogP contribution in [-0.4, -0.2) is 35.0 Å². The van der Waals surface area contributed by atoms with Crippen molar-refractivity contribution in [2.24, 2.45) is 0 Å². The third kappa shape index (κ3) is 6.39. The summed E-state index contributed by atoms with van der Waals surface area (Å²) in [5, 5.41) is 9.25. The van der Waals surface area contributed by atoms with E-state index in [4.69, 9.17) is 4.74 Å². The molecular formula is C15H22BrNO3. The molecule has 0 radical (unpaired) electrons. The molecule has 5 heteroatoms. The second kappa shape index (κ2) is 7.64. The Kier molecular flexibility index (Phi) is 6.49.